The lowest BCUT2D eigenvalue weighted by atomic mass is 9.90. The lowest BCUT2D eigenvalue weighted by molar-refractivity contribution is 0.0144. The molecule has 1 saturated heterocycles. The number of likely N-dealkylation sites (tertiary alicyclic amines) is 1. The number of aliphatic hydroxyl groups excluding tert-OH is 1. The van der Waals surface area contributed by atoms with Crippen molar-refractivity contribution in [3.8, 4) is 22.3 Å². The van der Waals surface area contributed by atoms with Crippen LogP contribution in [0.25, 0.3) is 22.3 Å². The molecule has 1 aliphatic heterocycles. The van der Waals surface area contributed by atoms with Gasteiger partial charge in [-0.1, -0.05) is 38.4 Å². The van der Waals surface area contributed by atoms with Gasteiger partial charge in [-0.15, -0.1) is 0 Å². The van der Waals surface area contributed by atoms with Gasteiger partial charge in [0.25, 0.3) is 5.91 Å². The van der Waals surface area contributed by atoms with Gasteiger partial charge in [-0.3, -0.25) is 14.8 Å². The summed E-state index contributed by atoms with van der Waals surface area (Å²) in [5.74, 6) is -0.0567. The van der Waals surface area contributed by atoms with Crippen LogP contribution in [0.3, 0.4) is 0 Å². The van der Waals surface area contributed by atoms with E-state index in [1.807, 2.05) is 49.3 Å². The van der Waals surface area contributed by atoms with Gasteiger partial charge in [-0.2, -0.15) is 0 Å². The van der Waals surface area contributed by atoms with Gasteiger partial charge >= 0.3 is 0 Å². The Morgan fingerprint density at radius 1 is 1.00 bits per heavy atom. The second-order valence-electron chi connectivity index (χ2n) is 10.4. The van der Waals surface area contributed by atoms with Crippen molar-refractivity contribution in [1.29, 1.82) is 0 Å². The standard InChI is InChI=1S/C28H32ClN3O2/c1-17-10-23(33)11-18(2)32(17)27(34)20-6-7-24(25(29)13-20)22-12-21(15-30-16-22)19-8-9-31-26(14-19)28(3,4)5/h6-9,12-18,23,33H,10-11H2,1-5H3/t17-,18-/m1/s1. The Morgan fingerprint density at radius 2 is 1.68 bits per heavy atom. The van der Waals surface area contributed by atoms with Crippen molar-refractivity contribution in [2.24, 2.45) is 0 Å². The number of piperidine rings is 1. The zero-order valence-corrected chi connectivity index (χ0v) is 21.2. The van der Waals surface area contributed by atoms with Gasteiger partial charge in [0.2, 0.25) is 0 Å². The van der Waals surface area contributed by atoms with E-state index in [1.165, 1.54) is 0 Å². The van der Waals surface area contributed by atoms with Crippen LogP contribution < -0.4 is 0 Å². The third-order valence-corrected chi connectivity index (χ3v) is 6.85. The summed E-state index contributed by atoms with van der Waals surface area (Å²) < 4.78 is 0. The molecule has 0 bridgehead atoms. The Morgan fingerprint density at radius 3 is 2.32 bits per heavy atom. The highest BCUT2D eigenvalue weighted by Gasteiger charge is 2.33. The molecule has 0 radical (unpaired) electrons. The molecule has 2 aromatic heterocycles. The molecule has 1 N–H and O–H groups in total. The van der Waals surface area contributed by atoms with Crippen LogP contribution in [-0.2, 0) is 5.41 Å². The number of aromatic nitrogens is 2. The van der Waals surface area contributed by atoms with E-state index in [-0.39, 0.29) is 29.5 Å². The van der Waals surface area contributed by atoms with E-state index in [9.17, 15) is 9.90 Å². The van der Waals surface area contributed by atoms with Crippen LogP contribution in [0.2, 0.25) is 5.02 Å². The van der Waals surface area contributed by atoms with Crippen LogP contribution in [0.5, 0.6) is 0 Å². The quantitative estimate of drug-likeness (QED) is 0.492. The summed E-state index contributed by atoms with van der Waals surface area (Å²) in [5.41, 5.74) is 5.27. The van der Waals surface area contributed by atoms with Crippen molar-refractivity contribution >= 4 is 17.5 Å². The summed E-state index contributed by atoms with van der Waals surface area (Å²) >= 11 is 6.68. The maximum absolute atomic E-state index is 13.2. The van der Waals surface area contributed by atoms with Gasteiger partial charge in [0.05, 0.1) is 6.10 Å². The minimum atomic E-state index is -0.361. The highest BCUT2D eigenvalue weighted by atomic mass is 35.5. The first-order valence-electron chi connectivity index (χ1n) is 11.8. The third kappa shape index (κ3) is 5.01. The molecule has 3 aromatic rings. The molecule has 1 fully saturated rings. The van der Waals surface area contributed by atoms with Crippen molar-refractivity contribution in [2.45, 2.75) is 71.1 Å². The lowest BCUT2D eigenvalue weighted by Crippen LogP contribution is -2.51. The van der Waals surface area contributed by atoms with Crippen molar-refractivity contribution in [2.75, 3.05) is 0 Å². The van der Waals surface area contributed by atoms with Crippen molar-refractivity contribution in [3.63, 3.8) is 0 Å². The summed E-state index contributed by atoms with van der Waals surface area (Å²) in [5, 5.41) is 10.5. The number of nitrogens with zero attached hydrogens (tertiary/aromatic N) is 3. The normalized spacial score (nSPS) is 20.9. The number of hydrogen-bond acceptors (Lipinski definition) is 4. The smallest absolute Gasteiger partial charge is 0.254 e. The molecule has 34 heavy (non-hydrogen) atoms. The molecule has 0 aliphatic carbocycles. The van der Waals surface area contributed by atoms with E-state index in [0.717, 1.165) is 27.9 Å². The highest BCUT2D eigenvalue weighted by molar-refractivity contribution is 6.33. The van der Waals surface area contributed by atoms with Gasteiger partial charge in [0, 0.05) is 69.1 Å². The fourth-order valence-corrected chi connectivity index (χ4v) is 5.03. The molecular formula is C28H32ClN3O2. The molecule has 3 heterocycles. The molecule has 178 valence electrons. The molecule has 0 unspecified atom stereocenters. The number of amides is 1. The van der Waals surface area contributed by atoms with Crippen LogP contribution in [0, 0.1) is 0 Å². The minimum absolute atomic E-state index is 0.0241. The van der Waals surface area contributed by atoms with Crippen LogP contribution in [0.1, 0.15) is 63.5 Å². The second kappa shape index (κ2) is 9.47. The van der Waals surface area contributed by atoms with Crippen LogP contribution in [-0.4, -0.2) is 44.1 Å². The summed E-state index contributed by atoms with van der Waals surface area (Å²) in [7, 11) is 0. The number of carbonyl (C=O) groups is 1. The third-order valence-electron chi connectivity index (χ3n) is 6.54. The molecule has 0 saturated carbocycles. The van der Waals surface area contributed by atoms with Gasteiger partial charge in [0.1, 0.15) is 0 Å². The molecule has 4 rings (SSSR count). The van der Waals surface area contributed by atoms with E-state index in [1.54, 1.807) is 12.3 Å². The van der Waals surface area contributed by atoms with E-state index in [4.69, 9.17) is 11.6 Å². The first-order valence-corrected chi connectivity index (χ1v) is 12.1. The maximum Gasteiger partial charge on any atom is 0.254 e. The van der Waals surface area contributed by atoms with Crippen LogP contribution in [0.4, 0.5) is 0 Å². The highest BCUT2D eigenvalue weighted by Crippen LogP contribution is 2.33. The summed E-state index contributed by atoms with van der Waals surface area (Å²) in [6, 6.07) is 11.5. The summed E-state index contributed by atoms with van der Waals surface area (Å²) in [6.45, 7) is 10.4. The first-order chi connectivity index (χ1) is 16.0. The van der Waals surface area contributed by atoms with Crippen LogP contribution >= 0.6 is 11.6 Å². The molecule has 5 nitrogen and oxygen atoms in total. The SMILES string of the molecule is C[C@@H]1CC(O)C[C@@H](C)N1C(=O)c1ccc(-c2cncc(-c3ccnc(C(C)(C)C)c3)c2)c(Cl)c1. The zero-order chi connectivity index (χ0) is 24.6. The summed E-state index contributed by atoms with van der Waals surface area (Å²) in [4.78, 5) is 24.1. The molecule has 1 aliphatic rings. The van der Waals surface area contributed by atoms with Crippen LogP contribution in [0.15, 0.2) is 55.0 Å². The second-order valence-corrected chi connectivity index (χ2v) is 10.8. The van der Waals surface area contributed by atoms with Gasteiger partial charge < -0.3 is 10.0 Å². The van der Waals surface area contributed by atoms with Gasteiger partial charge in [0.15, 0.2) is 0 Å². The lowest BCUT2D eigenvalue weighted by Gasteiger charge is -2.41. The number of benzene rings is 1. The Bertz CT molecular complexity index is 1190. The average Bonchev–Trinajstić information content (AvgIpc) is 2.78. The fraction of sp³-hybridized carbons (Fsp3) is 0.393. The Labute approximate surface area is 206 Å². The van der Waals surface area contributed by atoms with Gasteiger partial charge in [-0.25, -0.2) is 0 Å². The number of rotatable bonds is 3. The van der Waals surface area contributed by atoms with Crippen molar-refractivity contribution < 1.29 is 9.90 Å². The Kier molecular flexibility index (Phi) is 6.79. The molecule has 2 atom stereocenters. The molecule has 1 aromatic carbocycles. The van der Waals surface area contributed by atoms with E-state index in [0.29, 0.717) is 23.4 Å². The minimum Gasteiger partial charge on any atom is -0.393 e. The summed E-state index contributed by atoms with van der Waals surface area (Å²) in [6.07, 6.45) is 6.27. The topological polar surface area (TPSA) is 66.3 Å². The molecule has 1 amide bonds. The number of pyridine rings is 2. The largest absolute Gasteiger partial charge is 0.393 e. The van der Waals surface area contributed by atoms with Crippen molar-refractivity contribution in [3.05, 3.63) is 71.3 Å². The zero-order valence-electron chi connectivity index (χ0n) is 20.4. The number of halogens is 1. The first kappa shape index (κ1) is 24.4. The predicted molar refractivity (Wildman–Crippen MR) is 137 cm³/mol. The number of hydrogen-bond donors (Lipinski definition) is 1. The molecular weight excluding hydrogens is 446 g/mol. The number of carbonyl (C=O) groups excluding carboxylic acids is 1. The Balaban J connectivity index is 1.63. The van der Waals surface area contributed by atoms with E-state index < -0.39 is 0 Å². The van der Waals surface area contributed by atoms with E-state index in [2.05, 4.69) is 42.9 Å². The predicted octanol–water partition coefficient (Wildman–Crippen LogP) is 6.14. The molecule has 6 heteroatoms. The Hall–Kier alpha value is -2.76. The monoisotopic (exact) mass is 477 g/mol. The maximum atomic E-state index is 13.2. The number of aliphatic hydroxyl groups is 1. The molecule has 0 spiro atoms. The van der Waals surface area contributed by atoms with E-state index >= 15 is 0 Å². The average molecular weight is 478 g/mol. The van der Waals surface area contributed by atoms with Crippen molar-refractivity contribution in [1.82, 2.24) is 14.9 Å². The fourth-order valence-electron chi connectivity index (χ4n) is 4.74. The van der Waals surface area contributed by atoms with Gasteiger partial charge in [-0.05, 0) is 62.6 Å².